The summed E-state index contributed by atoms with van der Waals surface area (Å²) >= 11 is 0. The summed E-state index contributed by atoms with van der Waals surface area (Å²) in [6.45, 7) is 0.718. The first-order valence-corrected chi connectivity index (χ1v) is 8.91. The number of hydrogen-bond donors (Lipinski definition) is 1. The molecule has 1 fully saturated rings. The molecule has 0 spiro atoms. The number of para-hydroxylation sites is 2. The van der Waals surface area contributed by atoms with Gasteiger partial charge in [0.2, 0.25) is 5.91 Å². The van der Waals surface area contributed by atoms with Gasteiger partial charge in [-0.3, -0.25) is 4.79 Å². The summed E-state index contributed by atoms with van der Waals surface area (Å²) in [5, 5.41) is 14.0. The van der Waals surface area contributed by atoms with Crippen molar-refractivity contribution >= 4 is 11.9 Å². The molecule has 1 amide bonds. The average molecular weight is 346 g/mol. The van der Waals surface area contributed by atoms with Crippen molar-refractivity contribution in [3.63, 3.8) is 0 Å². The highest BCUT2D eigenvalue weighted by molar-refractivity contribution is 5.77. The van der Waals surface area contributed by atoms with Gasteiger partial charge in [-0.25, -0.2) is 0 Å². The van der Waals surface area contributed by atoms with E-state index >= 15 is 0 Å². The van der Waals surface area contributed by atoms with Gasteiger partial charge in [0.05, 0.1) is 6.54 Å². The Kier molecular flexibility index (Phi) is 5.46. The van der Waals surface area contributed by atoms with E-state index in [1.165, 1.54) is 0 Å². The summed E-state index contributed by atoms with van der Waals surface area (Å²) in [6.07, 6.45) is 4.51. The number of amides is 1. The first kappa shape index (κ1) is 17.6. The first-order chi connectivity index (χ1) is 12.1. The number of benzene rings is 1. The van der Waals surface area contributed by atoms with Gasteiger partial charge in [-0.05, 0) is 36.8 Å². The molecule has 1 N–H and O–H groups in total. The minimum Gasteiger partial charge on any atom is -0.550 e. The van der Waals surface area contributed by atoms with Crippen molar-refractivity contribution in [2.75, 3.05) is 13.2 Å². The van der Waals surface area contributed by atoms with Crippen molar-refractivity contribution in [3.8, 4) is 11.5 Å². The number of ether oxygens (including phenoxy) is 2. The van der Waals surface area contributed by atoms with Crippen LogP contribution in [0.4, 0.5) is 0 Å². The molecule has 0 aromatic heterocycles. The Morgan fingerprint density at radius 3 is 2.56 bits per heavy atom. The fraction of sp³-hybridized carbons (Fsp3) is 0.579. The molecule has 1 aliphatic carbocycles. The third-order valence-corrected chi connectivity index (χ3v) is 5.06. The lowest BCUT2D eigenvalue weighted by Crippen LogP contribution is -2.43. The number of carboxylic acids is 1. The Balaban J connectivity index is 1.51. The summed E-state index contributed by atoms with van der Waals surface area (Å²) in [4.78, 5) is 23.5. The van der Waals surface area contributed by atoms with Crippen molar-refractivity contribution < 1.29 is 24.2 Å². The van der Waals surface area contributed by atoms with E-state index < -0.39 is 11.4 Å². The van der Waals surface area contributed by atoms with Gasteiger partial charge in [0.15, 0.2) is 11.5 Å². The van der Waals surface area contributed by atoms with Crippen LogP contribution in [0.2, 0.25) is 0 Å². The van der Waals surface area contributed by atoms with E-state index in [1.54, 1.807) is 0 Å². The van der Waals surface area contributed by atoms with Crippen molar-refractivity contribution in [2.45, 2.75) is 51.0 Å². The summed E-state index contributed by atoms with van der Waals surface area (Å²) in [5.41, 5.74) is -0.461. The van der Waals surface area contributed by atoms with E-state index in [0.717, 1.165) is 32.1 Å². The normalized spacial score (nSPS) is 21.4. The molecule has 1 aromatic carbocycles. The molecule has 1 aliphatic heterocycles. The number of rotatable bonds is 6. The maximum atomic E-state index is 12.4. The molecule has 2 aliphatic rings. The van der Waals surface area contributed by atoms with Gasteiger partial charge >= 0.3 is 0 Å². The number of nitrogens with one attached hydrogen (secondary N) is 1. The molecule has 1 heterocycles. The summed E-state index contributed by atoms with van der Waals surface area (Å²) < 4.78 is 11.4. The largest absolute Gasteiger partial charge is 0.550 e. The van der Waals surface area contributed by atoms with Gasteiger partial charge in [0, 0.05) is 12.4 Å². The van der Waals surface area contributed by atoms with Crippen LogP contribution in [-0.4, -0.2) is 31.1 Å². The highest BCUT2D eigenvalue weighted by atomic mass is 16.6. The van der Waals surface area contributed by atoms with Gasteiger partial charge < -0.3 is 24.7 Å². The zero-order valence-electron chi connectivity index (χ0n) is 14.3. The van der Waals surface area contributed by atoms with E-state index in [1.807, 2.05) is 24.3 Å². The van der Waals surface area contributed by atoms with Gasteiger partial charge in [0.1, 0.15) is 12.7 Å². The molecule has 3 rings (SSSR count). The highest BCUT2D eigenvalue weighted by Gasteiger charge is 2.34. The van der Waals surface area contributed by atoms with Gasteiger partial charge in [-0.15, -0.1) is 0 Å². The molecule has 1 aromatic rings. The van der Waals surface area contributed by atoms with Crippen LogP contribution < -0.4 is 19.9 Å². The second kappa shape index (κ2) is 7.76. The summed E-state index contributed by atoms with van der Waals surface area (Å²) in [7, 11) is 0. The predicted molar refractivity (Wildman–Crippen MR) is 89.1 cm³/mol. The molecule has 136 valence electrons. The van der Waals surface area contributed by atoms with Crippen molar-refractivity contribution in [1.29, 1.82) is 0 Å². The number of fused-ring (bicyclic) bond motifs is 1. The Morgan fingerprint density at radius 2 is 1.84 bits per heavy atom. The maximum absolute atomic E-state index is 12.4. The van der Waals surface area contributed by atoms with Crippen LogP contribution in [0.15, 0.2) is 24.3 Å². The van der Waals surface area contributed by atoms with Crippen LogP contribution in [0, 0.1) is 5.41 Å². The number of carboxylic acid groups (broad SMARTS) is 1. The lowest BCUT2D eigenvalue weighted by atomic mass is 9.69. The third-order valence-electron chi connectivity index (χ3n) is 5.06. The molecule has 1 atom stereocenters. The van der Waals surface area contributed by atoms with Crippen molar-refractivity contribution in [1.82, 2.24) is 5.32 Å². The molecule has 6 heteroatoms. The molecule has 1 saturated carbocycles. The lowest BCUT2D eigenvalue weighted by molar-refractivity contribution is -0.308. The summed E-state index contributed by atoms with van der Waals surface area (Å²) in [6, 6.07) is 7.43. The molecule has 0 radical (unpaired) electrons. The highest BCUT2D eigenvalue weighted by Crippen LogP contribution is 2.42. The Morgan fingerprint density at radius 1 is 1.12 bits per heavy atom. The fourth-order valence-electron chi connectivity index (χ4n) is 3.82. The smallest absolute Gasteiger partial charge is 0.220 e. The molecular weight excluding hydrogens is 322 g/mol. The number of aliphatic carboxylic acids is 1. The molecular formula is C19H24NO5-. The second-order valence-electron chi connectivity index (χ2n) is 7.09. The summed E-state index contributed by atoms with van der Waals surface area (Å²) in [5.74, 6) is 0.176. The number of carbonyl (C=O) groups is 2. The van der Waals surface area contributed by atoms with Crippen LogP contribution in [0.1, 0.15) is 44.9 Å². The Labute approximate surface area is 147 Å². The number of hydrogen-bond acceptors (Lipinski definition) is 5. The average Bonchev–Trinajstić information content (AvgIpc) is 2.60. The second-order valence-corrected chi connectivity index (χ2v) is 7.09. The first-order valence-electron chi connectivity index (χ1n) is 8.91. The van der Waals surface area contributed by atoms with Crippen LogP contribution in [0.3, 0.4) is 0 Å². The Hall–Kier alpha value is -2.24. The van der Waals surface area contributed by atoms with E-state index in [0.29, 0.717) is 24.7 Å². The SMILES string of the molecule is O=C([O-])CC1(CC(=O)NC[C@@H]2COc3ccccc3O2)CCCCC1. The molecule has 0 unspecified atom stereocenters. The van der Waals surface area contributed by atoms with E-state index in [4.69, 9.17) is 9.47 Å². The van der Waals surface area contributed by atoms with E-state index in [2.05, 4.69) is 5.32 Å². The lowest BCUT2D eigenvalue weighted by Gasteiger charge is -2.37. The van der Waals surface area contributed by atoms with Gasteiger partial charge in [-0.1, -0.05) is 31.4 Å². The van der Waals surface area contributed by atoms with E-state index in [-0.39, 0.29) is 24.9 Å². The third kappa shape index (κ3) is 4.65. The maximum Gasteiger partial charge on any atom is 0.220 e. The van der Waals surface area contributed by atoms with Crippen LogP contribution in [-0.2, 0) is 9.59 Å². The molecule has 25 heavy (non-hydrogen) atoms. The Bertz CT molecular complexity index is 624. The quantitative estimate of drug-likeness (QED) is 0.842. The van der Waals surface area contributed by atoms with Crippen molar-refractivity contribution in [3.05, 3.63) is 24.3 Å². The minimum atomic E-state index is -1.07. The molecule has 6 nitrogen and oxygen atoms in total. The van der Waals surface area contributed by atoms with Gasteiger partial charge in [0.25, 0.3) is 0 Å². The fourth-order valence-corrected chi connectivity index (χ4v) is 3.82. The van der Waals surface area contributed by atoms with Crippen LogP contribution in [0.5, 0.6) is 11.5 Å². The van der Waals surface area contributed by atoms with Crippen LogP contribution in [0.25, 0.3) is 0 Å². The van der Waals surface area contributed by atoms with E-state index in [9.17, 15) is 14.7 Å². The monoisotopic (exact) mass is 346 g/mol. The standard InChI is InChI=1S/C19H25NO5/c21-17(10-19(11-18(22)23)8-4-1-5-9-19)20-12-14-13-24-15-6-2-3-7-16(15)25-14/h2-3,6-7,14H,1,4-5,8-13H2,(H,20,21)(H,22,23)/p-1/t14-/m1/s1. The zero-order chi connectivity index (χ0) is 17.7. The van der Waals surface area contributed by atoms with Crippen LogP contribution >= 0.6 is 0 Å². The predicted octanol–water partition coefficient (Wildman–Crippen LogP) is 1.42. The molecule has 0 bridgehead atoms. The number of carbonyl (C=O) groups excluding carboxylic acids is 2. The zero-order valence-corrected chi connectivity index (χ0v) is 14.3. The molecule has 0 saturated heterocycles. The van der Waals surface area contributed by atoms with Crippen molar-refractivity contribution in [2.24, 2.45) is 5.41 Å². The topological polar surface area (TPSA) is 87.7 Å². The van der Waals surface area contributed by atoms with Gasteiger partial charge in [-0.2, -0.15) is 0 Å². The minimum absolute atomic E-state index is 0.0448.